The van der Waals surface area contributed by atoms with E-state index in [1.54, 1.807) is 44.2 Å². The molecule has 1 heterocycles. The van der Waals surface area contributed by atoms with Crippen molar-refractivity contribution < 1.29 is 29.3 Å². The number of esters is 1. The number of phenols is 1. The second-order valence-electron chi connectivity index (χ2n) is 6.48. The van der Waals surface area contributed by atoms with Crippen LogP contribution in [0.3, 0.4) is 0 Å². The van der Waals surface area contributed by atoms with Crippen molar-refractivity contribution in [2.24, 2.45) is 0 Å². The van der Waals surface area contributed by atoms with Gasteiger partial charge in [0.15, 0.2) is 11.5 Å². The highest BCUT2D eigenvalue weighted by atomic mass is 16.5. The second kappa shape index (κ2) is 8.18. The number of nitrogens with zero attached hydrogens (tertiary/aromatic N) is 1. The zero-order valence-electron chi connectivity index (χ0n) is 16.1. The molecule has 0 aromatic heterocycles. The Morgan fingerprint density at radius 1 is 1.07 bits per heavy atom. The number of amides is 1. The van der Waals surface area contributed by atoms with Gasteiger partial charge in [-0.3, -0.25) is 14.5 Å². The first-order valence-corrected chi connectivity index (χ1v) is 9.25. The second-order valence-corrected chi connectivity index (χ2v) is 6.48. The maximum absolute atomic E-state index is 12.9. The van der Waals surface area contributed by atoms with Gasteiger partial charge in [0.25, 0.3) is 5.91 Å². The molecule has 7 nitrogen and oxygen atoms in total. The Kier molecular flexibility index (Phi) is 5.68. The maximum Gasteiger partial charge on any atom is 0.338 e. The van der Waals surface area contributed by atoms with E-state index in [1.165, 1.54) is 23.1 Å². The van der Waals surface area contributed by atoms with Crippen LogP contribution in [0, 0.1) is 0 Å². The number of hydrogen-bond donors (Lipinski definition) is 2. The topological polar surface area (TPSA) is 104 Å². The molecule has 0 fully saturated rings. The quantitative estimate of drug-likeness (QED) is 0.726. The first-order valence-electron chi connectivity index (χ1n) is 9.25. The Morgan fingerprint density at radius 2 is 1.79 bits per heavy atom. The fourth-order valence-electron chi connectivity index (χ4n) is 3.35. The van der Waals surface area contributed by atoms with Gasteiger partial charge in [-0.15, -0.1) is 0 Å². The van der Waals surface area contributed by atoms with Gasteiger partial charge in [0.1, 0.15) is 5.75 Å². The molecule has 0 saturated heterocycles. The average Bonchev–Trinajstić information content (AvgIpc) is 2.98. The zero-order chi connectivity index (χ0) is 21.1. The lowest BCUT2D eigenvalue weighted by Gasteiger charge is -2.27. The van der Waals surface area contributed by atoms with E-state index in [9.17, 15) is 24.6 Å². The third-order valence-electron chi connectivity index (χ3n) is 4.65. The number of ketones is 1. The molecule has 0 bridgehead atoms. The van der Waals surface area contributed by atoms with Crippen molar-refractivity contribution in [3.05, 3.63) is 71.0 Å². The van der Waals surface area contributed by atoms with Crippen molar-refractivity contribution in [2.45, 2.75) is 26.3 Å². The molecule has 2 aromatic carbocycles. The number of anilines is 1. The Morgan fingerprint density at radius 3 is 2.45 bits per heavy atom. The Balaban J connectivity index is 2.14. The largest absolute Gasteiger partial charge is 0.508 e. The summed E-state index contributed by atoms with van der Waals surface area (Å²) >= 11 is 0. The molecule has 1 aliphatic heterocycles. The molecular weight excluding hydrogens is 374 g/mol. The van der Waals surface area contributed by atoms with Crippen molar-refractivity contribution >= 4 is 23.3 Å². The predicted octanol–water partition coefficient (Wildman–Crippen LogP) is 3.45. The van der Waals surface area contributed by atoms with Gasteiger partial charge in [-0.2, -0.15) is 0 Å². The minimum absolute atomic E-state index is 0.0372. The summed E-state index contributed by atoms with van der Waals surface area (Å²) in [6.45, 7) is 3.53. The summed E-state index contributed by atoms with van der Waals surface area (Å²) < 4.78 is 5.01. The predicted molar refractivity (Wildman–Crippen MR) is 106 cm³/mol. The van der Waals surface area contributed by atoms with Gasteiger partial charge in [-0.25, -0.2) is 4.79 Å². The van der Waals surface area contributed by atoms with Gasteiger partial charge in [0, 0.05) is 12.1 Å². The number of rotatable bonds is 6. The number of phenolic OH excluding ortho intramolecular Hbond substituents is 1. The average molecular weight is 395 g/mol. The van der Waals surface area contributed by atoms with Crippen LogP contribution in [0.1, 0.15) is 42.2 Å². The highest BCUT2D eigenvalue weighted by Crippen LogP contribution is 2.42. The number of hydrogen-bond acceptors (Lipinski definition) is 6. The van der Waals surface area contributed by atoms with Gasteiger partial charge in [-0.1, -0.05) is 25.1 Å². The SMILES string of the molecule is CCOC(=O)c1cccc(N2C(=O)C(O)=C(C(=O)CC)C2c2cccc(O)c2)c1. The van der Waals surface area contributed by atoms with E-state index < -0.39 is 23.7 Å². The van der Waals surface area contributed by atoms with E-state index in [0.29, 0.717) is 11.3 Å². The number of aliphatic hydroxyl groups excluding tert-OH is 1. The van der Waals surface area contributed by atoms with Crippen LogP contribution >= 0.6 is 0 Å². The van der Waals surface area contributed by atoms with E-state index in [1.807, 2.05) is 0 Å². The Labute approximate surface area is 167 Å². The minimum atomic E-state index is -0.931. The third-order valence-corrected chi connectivity index (χ3v) is 4.65. The first-order chi connectivity index (χ1) is 13.9. The summed E-state index contributed by atoms with van der Waals surface area (Å²) in [5, 5.41) is 20.4. The molecule has 7 heteroatoms. The van der Waals surface area contributed by atoms with Crippen LogP contribution in [-0.4, -0.2) is 34.5 Å². The molecule has 1 unspecified atom stereocenters. The Hall–Kier alpha value is -3.61. The lowest BCUT2D eigenvalue weighted by Crippen LogP contribution is -2.31. The number of aliphatic hydroxyl groups is 1. The summed E-state index contributed by atoms with van der Waals surface area (Å²) in [6.07, 6.45) is 0.0959. The summed E-state index contributed by atoms with van der Waals surface area (Å²) in [5.41, 5.74) is 0.978. The zero-order valence-corrected chi connectivity index (χ0v) is 16.1. The van der Waals surface area contributed by atoms with Gasteiger partial charge < -0.3 is 14.9 Å². The molecule has 150 valence electrons. The van der Waals surface area contributed by atoms with Crippen LogP contribution in [0.15, 0.2) is 59.9 Å². The molecule has 1 aliphatic rings. The number of aromatic hydroxyl groups is 1. The number of Topliss-reactive ketones (excluding diaryl/α,β-unsaturated/α-hetero) is 1. The third kappa shape index (κ3) is 3.71. The summed E-state index contributed by atoms with van der Waals surface area (Å²) in [5.74, 6) is -2.35. The van der Waals surface area contributed by atoms with Crippen molar-refractivity contribution in [1.82, 2.24) is 0 Å². The highest BCUT2D eigenvalue weighted by molar-refractivity contribution is 6.16. The van der Waals surface area contributed by atoms with Gasteiger partial charge >= 0.3 is 5.97 Å². The van der Waals surface area contributed by atoms with Gasteiger partial charge in [-0.05, 0) is 42.8 Å². The normalized spacial score (nSPS) is 16.3. The van der Waals surface area contributed by atoms with Crippen LogP contribution in [0.2, 0.25) is 0 Å². The van der Waals surface area contributed by atoms with Crippen molar-refractivity contribution in [3.63, 3.8) is 0 Å². The molecule has 2 aromatic rings. The van der Waals surface area contributed by atoms with Crippen molar-refractivity contribution in [1.29, 1.82) is 0 Å². The number of carbonyl (C=O) groups excluding carboxylic acids is 3. The summed E-state index contributed by atoms with van der Waals surface area (Å²) in [4.78, 5) is 38.8. The lowest BCUT2D eigenvalue weighted by atomic mass is 9.94. The van der Waals surface area contributed by atoms with E-state index in [2.05, 4.69) is 0 Å². The molecule has 1 atom stereocenters. The van der Waals surface area contributed by atoms with E-state index in [4.69, 9.17) is 4.74 Å². The molecule has 0 saturated carbocycles. The number of carbonyl (C=O) groups is 3. The van der Waals surface area contributed by atoms with Crippen molar-refractivity contribution in [2.75, 3.05) is 11.5 Å². The molecule has 3 rings (SSSR count). The van der Waals surface area contributed by atoms with E-state index in [-0.39, 0.29) is 35.7 Å². The van der Waals surface area contributed by atoms with Gasteiger partial charge in [0.05, 0.1) is 23.8 Å². The Bertz CT molecular complexity index is 1010. The van der Waals surface area contributed by atoms with Crippen LogP contribution in [0.25, 0.3) is 0 Å². The van der Waals surface area contributed by atoms with Crippen molar-refractivity contribution in [3.8, 4) is 5.75 Å². The van der Waals surface area contributed by atoms with E-state index in [0.717, 1.165) is 0 Å². The molecule has 1 amide bonds. The van der Waals surface area contributed by atoms with E-state index >= 15 is 0 Å². The van der Waals surface area contributed by atoms with Crippen LogP contribution in [0.5, 0.6) is 5.75 Å². The molecule has 0 aliphatic carbocycles. The monoisotopic (exact) mass is 395 g/mol. The highest BCUT2D eigenvalue weighted by Gasteiger charge is 2.44. The van der Waals surface area contributed by atoms with Crippen LogP contribution in [-0.2, 0) is 14.3 Å². The molecule has 2 N–H and O–H groups in total. The number of ether oxygens (including phenoxy) is 1. The maximum atomic E-state index is 12.9. The smallest absolute Gasteiger partial charge is 0.338 e. The lowest BCUT2D eigenvalue weighted by molar-refractivity contribution is -0.118. The summed E-state index contributed by atoms with van der Waals surface area (Å²) in [6, 6.07) is 11.4. The first kappa shape index (κ1) is 20.1. The standard InChI is InChI=1S/C22H21NO6/c1-3-17(25)18-19(13-7-6-10-16(24)12-13)23(21(27)20(18)26)15-9-5-8-14(11-15)22(28)29-4-2/h5-12,19,24,26H,3-4H2,1-2H3. The number of benzene rings is 2. The molecule has 29 heavy (non-hydrogen) atoms. The fourth-order valence-corrected chi connectivity index (χ4v) is 3.35. The molecule has 0 radical (unpaired) electrons. The molecule has 0 spiro atoms. The summed E-state index contributed by atoms with van der Waals surface area (Å²) in [7, 11) is 0. The van der Waals surface area contributed by atoms with Crippen LogP contribution in [0.4, 0.5) is 5.69 Å². The van der Waals surface area contributed by atoms with Gasteiger partial charge in [0.2, 0.25) is 0 Å². The van der Waals surface area contributed by atoms with Crippen LogP contribution < -0.4 is 4.90 Å². The minimum Gasteiger partial charge on any atom is -0.508 e. The molecular formula is C22H21NO6. The fraction of sp³-hybridized carbons (Fsp3) is 0.227.